The van der Waals surface area contributed by atoms with Gasteiger partial charge >= 0.3 is 5.97 Å². The average molecular weight is 325 g/mol. The van der Waals surface area contributed by atoms with Crippen LogP contribution in [0.2, 0.25) is 5.02 Å². The lowest BCUT2D eigenvalue weighted by Crippen LogP contribution is -1.94. The molecule has 0 radical (unpaired) electrons. The van der Waals surface area contributed by atoms with Gasteiger partial charge in [-0.3, -0.25) is 20.2 Å². The van der Waals surface area contributed by atoms with Crippen molar-refractivity contribution < 1.29 is 19.7 Å². The zero-order chi connectivity index (χ0) is 16.7. The van der Waals surface area contributed by atoms with Crippen LogP contribution < -0.4 is 0 Å². The Kier molecular flexibility index (Phi) is 5.96. The number of carboxylic acids is 1. The maximum atomic E-state index is 10.3. The number of rotatable bonds is 3. The number of aromatic carboxylic acids is 1. The second kappa shape index (κ2) is 7.70. The molecule has 0 aliphatic carbocycles. The summed E-state index contributed by atoms with van der Waals surface area (Å²) in [6, 6.07) is 10.6. The topological polar surface area (TPSA) is 124 Å². The molecular weight excluding hydrogens is 316 g/mol. The van der Waals surface area contributed by atoms with Crippen LogP contribution >= 0.6 is 11.6 Å². The van der Waals surface area contributed by atoms with Gasteiger partial charge in [-0.05, 0) is 30.3 Å². The molecule has 0 aliphatic heterocycles. The first kappa shape index (κ1) is 17.1. The highest BCUT2D eigenvalue weighted by atomic mass is 35.5. The minimum Gasteiger partial charge on any atom is -0.478 e. The summed E-state index contributed by atoms with van der Waals surface area (Å²) < 4.78 is 0. The average Bonchev–Trinajstić information content (AvgIpc) is 2.48. The molecule has 114 valence electrons. The number of nitro groups is 2. The quantitative estimate of drug-likeness (QED) is 0.680. The lowest BCUT2D eigenvalue weighted by Gasteiger charge is -1.91. The van der Waals surface area contributed by atoms with Crippen molar-refractivity contribution in [3.05, 3.63) is 79.3 Å². The summed E-state index contributed by atoms with van der Waals surface area (Å²) in [5.41, 5.74) is -0.294. The molecule has 0 heterocycles. The van der Waals surface area contributed by atoms with Gasteiger partial charge in [0.15, 0.2) is 0 Å². The van der Waals surface area contributed by atoms with E-state index in [9.17, 15) is 25.0 Å². The molecule has 22 heavy (non-hydrogen) atoms. The SMILES string of the molecule is O=C(O)c1ccc(Cl)cc1.O=[N+]([O-])c1cccc([N+](=O)[O-])c1. The molecule has 0 saturated heterocycles. The number of benzene rings is 2. The fourth-order valence-corrected chi connectivity index (χ4v) is 1.44. The van der Waals surface area contributed by atoms with Gasteiger partial charge in [0, 0.05) is 17.2 Å². The summed E-state index contributed by atoms with van der Waals surface area (Å²) in [6.07, 6.45) is 0. The normalized spacial score (nSPS) is 9.32. The van der Waals surface area contributed by atoms with Crippen LogP contribution in [0.4, 0.5) is 11.4 Å². The number of hydrogen-bond donors (Lipinski definition) is 1. The summed E-state index contributed by atoms with van der Waals surface area (Å²) in [4.78, 5) is 29.2. The smallest absolute Gasteiger partial charge is 0.335 e. The Morgan fingerprint density at radius 2 is 1.41 bits per heavy atom. The molecule has 1 N–H and O–H groups in total. The first-order valence-corrected chi connectivity index (χ1v) is 6.06. The number of nitro benzene ring substituents is 2. The Morgan fingerprint density at radius 1 is 0.955 bits per heavy atom. The Balaban J connectivity index is 0.000000224. The lowest BCUT2D eigenvalue weighted by molar-refractivity contribution is -0.394. The van der Waals surface area contributed by atoms with Crippen molar-refractivity contribution in [2.45, 2.75) is 0 Å². The number of carboxylic acid groups (broad SMARTS) is 1. The number of carbonyl (C=O) groups is 1. The van der Waals surface area contributed by atoms with Gasteiger partial charge in [-0.2, -0.15) is 0 Å². The van der Waals surface area contributed by atoms with Crippen LogP contribution in [-0.2, 0) is 0 Å². The van der Waals surface area contributed by atoms with E-state index in [4.69, 9.17) is 16.7 Å². The van der Waals surface area contributed by atoms with E-state index in [-0.39, 0.29) is 16.9 Å². The highest BCUT2D eigenvalue weighted by molar-refractivity contribution is 6.30. The van der Waals surface area contributed by atoms with Crippen LogP contribution in [0.25, 0.3) is 0 Å². The Hall–Kier alpha value is -3.00. The number of halogens is 1. The minimum atomic E-state index is -0.934. The Labute approximate surface area is 128 Å². The summed E-state index contributed by atoms with van der Waals surface area (Å²) in [6.45, 7) is 0. The van der Waals surface area contributed by atoms with E-state index >= 15 is 0 Å². The largest absolute Gasteiger partial charge is 0.478 e. The fraction of sp³-hybridized carbons (Fsp3) is 0. The third-order valence-electron chi connectivity index (χ3n) is 2.34. The summed E-state index contributed by atoms with van der Waals surface area (Å²) >= 11 is 5.52. The molecule has 2 aromatic carbocycles. The van der Waals surface area contributed by atoms with E-state index in [0.717, 1.165) is 6.07 Å². The lowest BCUT2D eigenvalue weighted by atomic mass is 10.2. The van der Waals surface area contributed by atoms with E-state index in [2.05, 4.69) is 0 Å². The molecular formula is C13H9ClN2O6. The second-order valence-corrected chi connectivity index (χ2v) is 4.28. The summed E-state index contributed by atoms with van der Waals surface area (Å²) in [7, 11) is 0. The van der Waals surface area contributed by atoms with Gasteiger partial charge in [0.1, 0.15) is 0 Å². The van der Waals surface area contributed by atoms with E-state index in [1.54, 1.807) is 12.1 Å². The third-order valence-corrected chi connectivity index (χ3v) is 2.59. The zero-order valence-corrected chi connectivity index (χ0v) is 11.6. The number of hydrogen-bond acceptors (Lipinski definition) is 5. The van der Waals surface area contributed by atoms with Crippen molar-refractivity contribution in [1.29, 1.82) is 0 Å². The molecule has 9 heteroatoms. The monoisotopic (exact) mass is 324 g/mol. The fourth-order valence-electron chi connectivity index (χ4n) is 1.31. The van der Waals surface area contributed by atoms with Crippen LogP contribution in [0.3, 0.4) is 0 Å². The van der Waals surface area contributed by atoms with Gasteiger partial charge in [0.25, 0.3) is 11.4 Å². The van der Waals surface area contributed by atoms with Crippen molar-refractivity contribution >= 4 is 28.9 Å². The second-order valence-electron chi connectivity index (χ2n) is 3.85. The maximum Gasteiger partial charge on any atom is 0.335 e. The molecule has 0 fully saturated rings. The van der Waals surface area contributed by atoms with Crippen molar-refractivity contribution in [1.82, 2.24) is 0 Å². The predicted octanol–water partition coefficient (Wildman–Crippen LogP) is 3.54. The molecule has 0 aliphatic rings. The molecule has 8 nitrogen and oxygen atoms in total. The van der Waals surface area contributed by atoms with Crippen LogP contribution in [0.1, 0.15) is 10.4 Å². The van der Waals surface area contributed by atoms with Gasteiger partial charge in [-0.15, -0.1) is 0 Å². The van der Waals surface area contributed by atoms with Gasteiger partial charge in [-0.1, -0.05) is 11.6 Å². The van der Waals surface area contributed by atoms with Gasteiger partial charge in [-0.25, -0.2) is 4.79 Å². The van der Waals surface area contributed by atoms with Gasteiger partial charge in [0.2, 0.25) is 0 Å². The van der Waals surface area contributed by atoms with Crippen LogP contribution in [0, 0.1) is 20.2 Å². The summed E-state index contributed by atoms with van der Waals surface area (Å²) in [5.74, 6) is -0.934. The zero-order valence-electron chi connectivity index (χ0n) is 10.9. The molecule has 0 atom stereocenters. The molecule has 0 bridgehead atoms. The van der Waals surface area contributed by atoms with Crippen molar-refractivity contribution in [3.8, 4) is 0 Å². The van der Waals surface area contributed by atoms with Gasteiger partial charge < -0.3 is 5.11 Å². The highest BCUT2D eigenvalue weighted by Crippen LogP contribution is 2.18. The highest BCUT2D eigenvalue weighted by Gasteiger charge is 2.11. The molecule has 0 amide bonds. The first-order chi connectivity index (χ1) is 10.3. The van der Waals surface area contributed by atoms with E-state index in [1.807, 2.05) is 0 Å². The van der Waals surface area contributed by atoms with Crippen LogP contribution in [0.15, 0.2) is 48.5 Å². The molecule has 0 spiro atoms. The standard InChI is InChI=1S/C7H5ClO2.C6H4N2O4/c8-6-3-1-5(2-4-6)7(9)10;9-7(10)5-2-1-3-6(4-5)8(11)12/h1-4H,(H,9,10);1-4H. The third kappa shape index (κ3) is 5.17. The Bertz CT molecular complexity index is 673. The predicted molar refractivity (Wildman–Crippen MR) is 78.2 cm³/mol. The van der Waals surface area contributed by atoms with Crippen molar-refractivity contribution in [2.75, 3.05) is 0 Å². The van der Waals surface area contributed by atoms with Gasteiger partial charge in [0.05, 0.1) is 21.5 Å². The maximum absolute atomic E-state index is 10.3. The number of non-ortho nitro benzene ring substituents is 2. The summed E-state index contributed by atoms with van der Waals surface area (Å²) in [5, 5.41) is 29.3. The van der Waals surface area contributed by atoms with E-state index in [1.165, 1.54) is 30.3 Å². The Morgan fingerprint density at radius 3 is 1.77 bits per heavy atom. The minimum absolute atomic E-state index is 0.254. The first-order valence-electron chi connectivity index (χ1n) is 5.69. The van der Waals surface area contributed by atoms with Crippen LogP contribution in [0.5, 0.6) is 0 Å². The molecule has 0 unspecified atom stereocenters. The molecule has 2 aromatic rings. The number of nitrogens with zero attached hydrogens (tertiary/aromatic N) is 2. The van der Waals surface area contributed by atoms with Crippen molar-refractivity contribution in [3.63, 3.8) is 0 Å². The van der Waals surface area contributed by atoms with E-state index < -0.39 is 15.8 Å². The molecule has 0 saturated carbocycles. The molecule has 2 rings (SSSR count). The van der Waals surface area contributed by atoms with Crippen molar-refractivity contribution in [2.24, 2.45) is 0 Å². The van der Waals surface area contributed by atoms with Crippen LogP contribution in [-0.4, -0.2) is 20.9 Å². The molecule has 0 aromatic heterocycles. The van der Waals surface area contributed by atoms with E-state index in [0.29, 0.717) is 5.02 Å².